The van der Waals surface area contributed by atoms with Crippen molar-refractivity contribution in [3.8, 4) is 5.75 Å². The smallest absolute Gasteiger partial charge is 0.278 e. The quantitative estimate of drug-likeness (QED) is 0.644. The minimum absolute atomic E-state index is 0.00398. The zero-order chi connectivity index (χ0) is 22.0. The molecule has 2 aliphatic heterocycles. The highest BCUT2D eigenvalue weighted by Crippen LogP contribution is 2.37. The number of hydrogen-bond donors (Lipinski definition) is 0. The van der Waals surface area contributed by atoms with E-state index in [2.05, 4.69) is 11.8 Å². The summed E-state index contributed by atoms with van der Waals surface area (Å²) in [6.45, 7) is 7.98. The summed E-state index contributed by atoms with van der Waals surface area (Å²) in [6, 6.07) is 7.60. The van der Waals surface area contributed by atoms with Gasteiger partial charge in [-0.25, -0.2) is 0 Å². The van der Waals surface area contributed by atoms with Gasteiger partial charge in [0.1, 0.15) is 11.4 Å². The molecule has 31 heavy (non-hydrogen) atoms. The first-order valence-electron chi connectivity index (χ1n) is 11.8. The van der Waals surface area contributed by atoms with E-state index in [9.17, 15) is 9.59 Å². The fraction of sp³-hybridized carbons (Fsp3) is 0.600. The summed E-state index contributed by atoms with van der Waals surface area (Å²) in [5.74, 6) is 0.489. The highest BCUT2D eigenvalue weighted by Gasteiger charge is 2.45. The van der Waals surface area contributed by atoms with Crippen LogP contribution in [0.2, 0.25) is 0 Å². The Morgan fingerprint density at radius 3 is 2.23 bits per heavy atom. The summed E-state index contributed by atoms with van der Waals surface area (Å²) < 4.78 is 11.6. The number of ether oxygens (including phenoxy) is 2. The molecule has 2 unspecified atom stereocenters. The highest BCUT2D eigenvalue weighted by molar-refractivity contribution is 6.35. The van der Waals surface area contributed by atoms with Crippen LogP contribution in [0, 0.1) is 0 Å². The summed E-state index contributed by atoms with van der Waals surface area (Å²) in [4.78, 5) is 30.9. The number of hydrogen-bond acceptors (Lipinski definition) is 5. The lowest BCUT2D eigenvalue weighted by atomic mass is 9.94. The first-order chi connectivity index (χ1) is 15.0. The van der Waals surface area contributed by atoms with E-state index >= 15 is 0 Å². The summed E-state index contributed by atoms with van der Waals surface area (Å²) in [6.07, 6.45) is 6.08. The number of nitrogens with zero attached hydrogens (tertiary/aromatic N) is 2. The molecule has 4 rings (SSSR count). The normalized spacial score (nSPS) is 25.5. The van der Waals surface area contributed by atoms with E-state index in [1.165, 1.54) is 6.42 Å². The fourth-order valence-corrected chi connectivity index (χ4v) is 5.06. The monoisotopic (exact) mass is 426 g/mol. The van der Waals surface area contributed by atoms with Crippen molar-refractivity contribution in [2.75, 3.05) is 19.7 Å². The largest absolute Gasteiger partial charge is 0.494 e. The Balaban J connectivity index is 1.71. The van der Waals surface area contributed by atoms with Crippen LogP contribution in [0.5, 0.6) is 5.75 Å². The molecule has 0 N–H and O–H groups in total. The van der Waals surface area contributed by atoms with E-state index in [4.69, 9.17) is 9.47 Å². The molecule has 2 heterocycles. The number of morpholine rings is 1. The van der Waals surface area contributed by atoms with Gasteiger partial charge in [-0.3, -0.25) is 14.5 Å². The minimum Gasteiger partial charge on any atom is -0.494 e. The fourth-order valence-electron chi connectivity index (χ4n) is 5.06. The molecule has 2 fully saturated rings. The molecular weight excluding hydrogens is 392 g/mol. The third-order valence-corrected chi connectivity index (χ3v) is 6.38. The van der Waals surface area contributed by atoms with E-state index < -0.39 is 0 Å². The SMILES string of the molecule is CCCOc1ccc(C2=C(N3CC(C)OC(C)C3)C(=O)N(C3CCCCC3)C2=O)cc1. The molecule has 1 aromatic rings. The van der Waals surface area contributed by atoms with Gasteiger partial charge in [-0.1, -0.05) is 38.3 Å². The van der Waals surface area contributed by atoms with Crippen molar-refractivity contribution in [2.24, 2.45) is 0 Å². The van der Waals surface area contributed by atoms with Gasteiger partial charge in [0.15, 0.2) is 0 Å². The van der Waals surface area contributed by atoms with Gasteiger partial charge in [-0.2, -0.15) is 0 Å². The van der Waals surface area contributed by atoms with E-state index in [0.29, 0.717) is 31.0 Å². The molecule has 0 bridgehead atoms. The van der Waals surface area contributed by atoms with Gasteiger partial charge in [0, 0.05) is 19.1 Å². The zero-order valence-corrected chi connectivity index (χ0v) is 18.9. The van der Waals surface area contributed by atoms with Crippen LogP contribution in [0.4, 0.5) is 0 Å². The Morgan fingerprint density at radius 2 is 1.61 bits per heavy atom. The van der Waals surface area contributed by atoms with Gasteiger partial charge in [0.25, 0.3) is 11.8 Å². The average molecular weight is 427 g/mol. The van der Waals surface area contributed by atoms with Crippen LogP contribution in [-0.4, -0.2) is 59.6 Å². The molecule has 6 heteroatoms. The molecule has 3 aliphatic rings. The van der Waals surface area contributed by atoms with Crippen LogP contribution in [0.25, 0.3) is 5.57 Å². The van der Waals surface area contributed by atoms with Gasteiger partial charge < -0.3 is 14.4 Å². The number of amides is 2. The van der Waals surface area contributed by atoms with Gasteiger partial charge in [0.2, 0.25) is 0 Å². The average Bonchev–Trinajstić information content (AvgIpc) is 3.02. The molecule has 0 aromatic heterocycles. The Morgan fingerprint density at radius 1 is 0.968 bits per heavy atom. The topological polar surface area (TPSA) is 59.1 Å². The van der Waals surface area contributed by atoms with Crippen LogP contribution in [-0.2, 0) is 14.3 Å². The number of carbonyl (C=O) groups is 2. The van der Waals surface area contributed by atoms with E-state index in [1.807, 2.05) is 38.1 Å². The van der Waals surface area contributed by atoms with Crippen molar-refractivity contribution in [3.63, 3.8) is 0 Å². The van der Waals surface area contributed by atoms with Crippen LogP contribution in [0.3, 0.4) is 0 Å². The predicted molar refractivity (Wildman–Crippen MR) is 119 cm³/mol. The number of benzene rings is 1. The molecule has 1 saturated heterocycles. The maximum absolute atomic E-state index is 13.7. The van der Waals surface area contributed by atoms with E-state index in [0.717, 1.165) is 43.4 Å². The molecule has 1 saturated carbocycles. The second-order valence-electron chi connectivity index (χ2n) is 9.03. The lowest BCUT2D eigenvalue weighted by molar-refractivity contribution is -0.141. The summed E-state index contributed by atoms with van der Waals surface area (Å²) in [5, 5.41) is 0. The lowest BCUT2D eigenvalue weighted by Crippen LogP contribution is -2.48. The Bertz CT molecular complexity index is 832. The third kappa shape index (κ3) is 4.49. The van der Waals surface area contributed by atoms with Gasteiger partial charge in [-0.15, -0.1) is 0 Å². The molecule has 6 nitrogen and oxygen atoms in total. The number of imide groups is 1. The van der Waals surface area contributed by atoms with Gasteiger partial charge in [0.05, 0.1) is 24.4 Å². The lowest BCUT2D eigenvalue weighted by Gasteiger charge is -2.37. The van der Waals surface area contributed by atoms with E-state index in [1.54, 1.807) is 4.90 Å². The molecule has 2 amide bonds. The van der Waals surface area contributed by atoms with Crippen molar-refractivity contribution in [3.05, 3.63) is 35.5 Å². The molecule has 168 valence electrons. The standard InChI is InChI=1S/C25H34N2O4/c1-4-14-30-21-12-10-19(11-13-21)22-23(26-15-17(2)31-18(3)16-26)25(29)27(24(22)28)20-8-6-5-7-9-20/h10-13,17-18,20H,4-9,14-16H2,1-3H3. The number of rotatable bonds is 6. The van der Waals surface area contributed by atoms with Gasteiger partial charge in [-0.05, 0) is 50.8 Å². The Labute approximate surface area is 185 Å². The molecule has 0 spiro atoms. The molecule has 1 aromatic carbocycles. The minimum atomic E-state index is -0.152. The molecule has 0 radical (unpaired) electrons. The van der Waals surface area contributed by atoms with Crippen LogP contribution >= 0.6 is 0 Å². The Hall–Kier alpha value is -2.34. The summed E-state index contributed by atoms with van der Waals surface area (Å²) in [7, 11) is 0. The third-order valence-electron chi connectivity index (χ3n) is 6.38. The van der Waals surface area contributed by atoms with Crippen molar-refractivity contribution in [1.82, 2.24) is 9.80 Å². The van der Waals surface area contributed by atoms with Crippen molar-refractivity contribution in [2.45, 2.75) is 77.5 Å². The second kappa shape index (κ2) is 9.43. The first-order valence-corrected chi connectivity index (χ1v) is 11.8. The van der Waals surface area contributed by atoms with Crippen LogP contribution in [0.1, 0.15) is 64.9 Å². The van der Waals surface area contributed by atoms with Gasteiger partial charge >= 0.3 is 0 Å². The zero-order valence-electron chi connectivity index (χ0n) is 18.9. The Kier molecular flexibility index (Phi) is 6.65. The van der Waals surface area contributed by atoms with Crippen LogP contribution in [0.15, 0.2) is 30.0 Å². The molecular formula is C25H34N2O4. The van der Waals surface area contributed by atoms with E-state index in [-0.39, 0.29) is 30.1 Å². The summed E-state index contributed by atoms with van der Waals surface area (Å²) >= 11 is 0. The maximum atomic E-state index is 13.7. The van der Waals surface area contributed by atoms with Crippen molar-refractivity contribution < 1.29 is 19.1 Å². The second-order valence-corrected chi connectivity index (χ2v) is 9.03. The van der Waals surface area contributed by atoms with Crippen LogP contribution < -0.4 is 4.74 Å². The molecule has 2 atom stereocenters. The summed E-state index contributed by atoms with van der Waals surface area (Å²) in [5.41, 5.74) is 1.85. The van der Waals surface area contributed by atoms with Crippen molar-refractivity contribution >= 4 is 17.4 Å². The maximum Gasteiger partial charge on any atom is 0.278 e. The highest BCUT2D eigenvalue weighted by atomic mass is 16.5. The number of carbonyl (C=O) groups excluding carboxylic acids is 2. The molecule has 1 aliphatic carbocycles. The first kappa shape index (κ1) is 21.9. The van der Waals surface area contributed by atoms with Crippen molar-refractivity contribution in [1.29, 1.82) is 0 Å². The predicted octanol–water partition coefficient (Wildman–Crippen LogP) is 4.00.